The Hall–Kier alpha value is -2.43. The fourth-order valence-corrected chi connectivity index (χ4v) is 1.37. The highest BCUT2D eigenvalue weighted by Crippen LogP contribution is 2.17. The first-order chi connectivity index (χ1) is 7.79. The van der Waals surface area contributed by atoms with E-state index >= 15 is 0 Å². The normalized spacial score (nSPS) is 14.5. The lowest BCUT2D eigenvalue weighted by Gasteiger charge is -2.08. The molecule has 16 heavy (non-hydrogen) atoms. The van der Waals surface area contributed by atoms with Crippen LogP contribution < -0.4 is 11.2 Å². The van der Waals surface area contributed by atoms with Gasteiger partial charge in [0.15, 0.2) is 0 Å². The van der Waals surface area contributed by atoms with Crippen LogP contribution in [-0.2, 0) is 4.79 Å². The van der Waals surface area contributed by atoms with E-state index in [-0.39, 0.29) is 0 Å². The Morgan fingerprint density at radius 3 is 2.75 bits per heavy atom. The molecule has 80 valence electrons. The molecule has 0 saturated carbocycles. The molecule has 0 aliphatic carbocycles. The summed E-state index contributed by atoms with van der Waals surface area (Å²) in [5.74, 6) is -0.499. The Kier molecular flexibility index (Phi) is 2.77. The van der Waals surface area contributed by atoms with Gasteiger partial charge in [0, 0.05) is 24.2 Å². The Labute approximate surface area is 92.4 Å². The Morgan fingerprint density at radius 2 is 2.06 bits per heavy atom. The van der Waals surface area contributed by atoms with Crippen LogP contribution in [-0.4, -0.2) is 17.1 Å². The van der Waals surface area contributed by atoms with Gasteiger partial charge >= 0.3 is 0 Å². The number of hydrogen-bond donors (Lipinski definition) is 2. The van der Waals surface area contributed by atoms with E-state index < -0.39 is 5.91 Å². The highest BCUT2D eigenvalue weighted by atomic mass is 16.1. The SMILES string of the molecule is NC(=O)C1=C(c2ccncc2)NN=CC=C1. The van der Waals surface area contributed by atoms with Crippen molar-refractivity contribution in [3.05, 3.63) is 47.8 Å². The van der Waals surface area contributed by atoms with Crippen molar-refractivity contribution in [3.8, 4) is 0 Å². The zero-order valence-corrected chi connectivity index (χ0v) is 8.42. The first-order valence-corrected chi connectivity index (χ1v) is 4.69. The number of nitrogens with two attached hydrogens (primary N) is 1. The molecule has 0 spiro atoms. The molecule has 1 aromatic heterocycles. The van der Waals surface area contributed by atoms with E-state index in [1.807, 2.05) is 0 Å². The predicted octanol–water partition coefficient (Wildman–Crippen LogP) is 0.423. The molecule has 0 fully saturated rings. The van der Waals surface area contributed by atoms with Crippen LogP contribution in [0.4, 0.5) is 0 Å². The van der Waals surface area contributed by atoms with Gasteiger partial charge in [0.05, 0.1) is 11.3 Å². The van der Waals surface area contributed by atoms with Crippen molar-refractivity contribution in [1.29, 1.82) is 0 Å². The monoisotopic (exact) mass is 214 g/mol. The fourth-order valence-electron chi connectivity index (χ4n) is 1.37. The van der Waals surface area contributed by atoms with Crippen molar-refractivity contribution >= 4 is 17.8 Å². The molecule has 1 aliphatic heterocycles. The molecule has 5 heteroatoms. The van der Waals surface area contributed by atoms with E-state index in [2.05, 4.69) is 15.5 Å². The highest BCUT2D eigenvalue weighted by Gasteiger charge is 2.12. The molecule has 3 N–H and O–H groups in total. The van der Waals surface area contributed by atoms with E-state index in [1.165, 1.54) is 0 Å². The number of rotatable bonds is 2. The summed E-state index contributed by atoms with van der Waals surface area (Å²) < 4.78 is 0. The third-order valence-corrected chi connectivity index (χ3v) is 2.10. The average Bonchev–Trinajstić information content (AvgIpc) is 2.55. The molecule has 1 aliphatic rings. The van der Waals surface area contributed by atoms with Gasteiger partial charge in [-0.05, 0) is 24.3 Å². The summed E-state index contributed by atoms with van der Waals surface area (Å²) in [4.78, 5) is 15.2. The summed E-state index contributed by atoms with van der Waals surface area (Å²) in [6.07, 6.45) is 8.11. The maximum Gasteiger partial charge on any atom is 0.250 e. The van der Waals surface area contributed by atoms with Crippen molar-refractivity contribution in [2.45, 2.75) is 0 Å². The van der Waals surface area contributed by atoms with Crippen LogP contribution in [0.2, 0.25) is 0 Å². The number of pyridine rings is 1. The fraction of sp³-hybridized carbons (Fsp3) is 0. The first kappa shape index (κ1) is 10.1. The second-order valence-corrected chi connectivity index (χ2v) is 3.14. The van der Waals surface area contributed by atoms with Gasteiger partial charge in [0.1, 0.15) is 0 Å². The maximum absolute atomic E-state index is 11.3. The van der Waals surface area contributed by atoms with Gasteiger partial charge in [-0.15, -0.1) is 0 Å². The third-order valence-electron chi connectivity index (χ3n) is 2.10. The predicted molar refractivity (Wildman–Crippen MR) is 61.1 cm³/mol. The van der Waals surface area contributed by atoms with E-state index in [9.17, 15) is 4.79 Å². The quantitative estimate of drug-likeness (QED) is 0.748. The molecule has 1 aromatic rings. The lowest BCUT2D eigenvalue weighted by atomic mass is 10.1. The van der Waals surface area contributed by atoms with Crippen LogP contribution in [0.15, 0.2) is 47.4 Å². The molecule has 0 radical (unpaired) electrons. The lowest BCUT2D eigenvalue weighted by molar-refractivity contribution is -0.114. The zero-order chi connectivity index (χ0) is 11.4. The average molecular weight is 214 g/mol. The Bertz CT molecular complexity index is 488. The van der Waals surface area contributed by atoms with Crippen molar-refractivity contribution < 1.29 is 4.79 Å². The standard InChI is InChI=1S/C11H10N4O/c12-11(16)9-2-1-5-14-15-10(9)8-3-6-13-7-4-8/h1-7,15H,(H2,12,16). The van der Waals surface area contributed by atoms with E-state index in [4.69, 9.17) is 5.73 Å². The van der Waals surface area contributed by atoms with Crippen molar-refractivity contribution in [3.63, 3.8) is 0 Å². The van der Waals surface area contributed by atoms with E-state index in [1.54, 1.807) is 42.9 Å². The van der Waals surface area contributed by atoms with Crippen molar-refractivity contribution in [2.75, 3.05) is 0 Å². The summed E-state index contributed by atoms with van der Waals surface area (Å²) in [6, 6.07) is 3.56. The van der Waals surface area contributed by atoms with Crippen LogP contribution in [0.1, 0.15) is 5.56 Å². The molecule has 0 aromatic carbocycles. The summed E-state index contributed by atoms with van der Waals surface area (Å²) in [5.41, 5.74) is 9.88. The summed E-state index contributed by atoms with van der Waals surface area (Å²) >= 11 is 0. The molecular weight excluding hydrogens is 204 g/mol. The van der Waals surface area contributed by atoms with Crippen LogP contribution in [0.3, 0.4) is 0 Å². The Morgan fingerprint density at radius 1 is 1.31 bits per heavy atom. The molecular formula is C11H10N4O. The van der Waals surface area contributed by atoms with Crippen molar-refractivity contribution in [1.82, 2.24) is 10.4 Å². The largest absolute Gasteiger partial charge is 0.366 e. The maximum atomic E-state index is 11.3. The number of amides is 1. The van der Waals surface area contributed by atoms with E-state index in [0.29, 0.717) is 11.3 Å². The number of nitrogens with one attached hydrogen (secondary N) is 1. The number of carbonyl (C=O) groups is 1. The number of primary amides is 1. The summed E-state index contributed by atoms with van der Waals surface area (Å²) in [6.45, 7) is 0. The van der Waals surface area contributed by atoms with Crippen LogP contribution in [0.25, 0.3) is 5.70 Å². The van der Waals surface area contributed by atoms with Gasteiger partial charge < -0.3 is 5.73 Å². The van der Waals surface area contributed by atoms with Gasteiger partial charge in [-0.3, -0.25) is 15.2 Å². The van der Waals surface area contributed by atoms with Gasteiger partial charge in [-0.1, -0.05) is 0 Å². The van der Waals surface area contributed by atoms with Gasteiger partial charge in [-0.25, -0.2) is 0 Å². The smallest absolute Gasteiger partial charge is 0.250 e. The van der Waals surface area contributed by atoms with Gasteiger partial charge in [0.25, 0.3) is 5.91 Å². The number of nitrogens with zero attached hydrogens (tertiary/aromatic N) is 2. The second kappa shape index (κ2) is 4.39. The summed E-state index contributed by atoms with van der Waals surface area (Å²) in [7, 11) is 0. The van der Waals surface area contributed by atoms with Gasteiger partial charge in [-0.2, -0.15) is 5.10 Å². The highest BCUT2D eigenvalue weighted by molar-refractivity contribution is 6.03. The molecule has 5 nitrogen and oxygen atoms in total. The molecule has 2 heterocycles. The van der Waals surface area contributed by atoms with Crippen LogP contribution >= 0.6 is 0 Å². The van der Waals surface area contributed by atoms with E-state index in [0.717, 1.165) is 5.56 Å². The topological polar surface area (TPSA) is 80.4 Å². The minimum Gasteiger partial charge on any atom is -0.366 e. The zero-order valence-electron chi connectivity index (χ0n) is 8.42. The minimum absolute atomic E-state index is 0.392. The third kappa shape index (κ3) is 1.98. The minimum atomic E-state index is -0.499. The molecule has 2 rings (SSSR count). The number of aromatic nitrogens is 1. The summed E-state index contributed by atoms with van der Waals surface area (Å²) in [5, 5.41) is 3.91. The number of allylic oxidation sites excluding steroid dienone is 1. The Balaban J connectivity index is 2.53. The number of hydrogen-bond acceptors (Lipinski definition) is 4. The lowest BCUT2D eigenvalue weighted by Crippen LogP contribution is -2.17. The molecule has 0 unspecified atom stereocenters. The first-order valence-electron chi connectivity index (χ1n) is 4.69. The molecule has 0 bridgehead atoms. The van der Waals surface area contributed by atoms with Gasteiger partial charge in [0.2, 0.25) is 0 Å². The molecule has 1 amide bonds. The van der Waals surface area contributed by atoms with Crippen molar-refractivity contribution in [2.24, 2.45) is 10.8 Å². The number of carbonyl (C=O) groups excluding carboxylic acids is 1. The second-order valence-electron chi connectivity index (χ2n) is 3.14. The van der Waals surface area contributed by atoms with Crippen LogP contribution in [0.5, 0.6) is 0 Å². The van der Waals surface area contributed by atoms with Crippen LogP contribution in [0, 0.1) is 0 Å². The molecule has 0 saturated heterocycles. The number of hydrazone groups is 1. The molecule has 0 atom stereocenters.